The third-order valence-electron chi connectivity index (χ3n) is 1.23. The van der Waals surface area contributed by atoms with Crippen LogP contribution in [0.3, 0.4) is 0 Å². The van der Waals surface area contributed by atoms with Crippen molar-refractivity contribution >= 4 is 22.6 Å². The summed E-state index contributed by atoms with van der Waals surface area (Å²) in [6.07, 6.45) is 0. The molecule has 0 saturated carbocycles. The first-order valence-corrected chi connectivity index (χ1v) is 5.01. The summed E-state index contributed by atoms with van der Waals surface area (Å²) in [5, 5.41) is 8.23. The molecule has 0 fully saturated rings. The van der Waals surface area contributed by atoms with Gasteiger partial charge in [0.15, 0.2) is 0 Å². The van der Waals surface area contributed by atoms with Gasteiger partial charge in [-0.25, -0.2) is 0 Å². The van der Waals surface area contributed by atoms with Crippen LogP contribution < -0.4 is 0 Å². The molecule has 0 saturated heterocycles. The molecule has 4 nitrogen and oxygen atoms in total. The molecule has 5 heteroatoms. The Labute approximate surface area is 73.4 Å². The average Bonchev–Trinajstić information content (AvgIpc) is 1.84. The van der Waals surface area contributed by atoms with Crippen molar-refractivity contribution in [2.75, 3.05) is 11.5 Å². The van der Waals surface area contributed by atoms with E-state index in [-0.39, 0.29) is 17.5 Å². The molecule has 0 bridgehead atoms. The number of hydrogen-bond acceptors (Lipinski definition) is 3. The Balaban J connectivity index is 3.85. The van der Waals surface area contributed by atoms with E-state index in [1.807, 2.05) is 0 Å². The second-order valence-corrected chi connectivity index (χ2v) is 4.20. The van der Waals surface area contributed by atoms with Crippen molar-refractivity contribution in [3.8, 4) is 0 Å². The second kappa shape index (κ2) is 5.03. The van der Waals surface area contributed by atoms with Gasteiger partial charge >= 0.3 is 5.97 Å². The first-order chi connectivity index (χ1) is 5.43. The van der Waals surface area contributed by atoms with Crippen molar-refractivity contribution in [2.24, 2.45) is 5.92 Å². The van der Waals surface area contributed by atoms with E-state index < -0.39 is 22.5 Å². The predicted molar refractivity (Wildman–Crippen MR) is 45.4 cm³/mol. The van der Waals surface area contributed by atoms with Crippen molar-refractivity contribution in [1.29, 1.82) is 0 Å². The summed E-state index contributed by atoms with van der Waals surface area (Å²) in [5.41, 5.74) is 0. The summed E-state index contributed by atoms with van der Waals surface area (Å²) in [4.78, 5) is 21.0. The number of aliphatic carboxylic acids is 1. The zero-order valence-corrected chi connectivity index (χ0v) is 7.89. The van der Waals surface area contributed by atoms with E-state index in [1.165, 1.54) is 0 Å². The molecule has 0 amide bonds. The highest BCUT2D eigenvalue weighted by atomic mass is 32.2. The molecule has 0 rings (SSSR count). The lowest BCUT2D eigenvalue weighted by Crippen LogP contribution is -2.20. The largest absolute Gasteiger partial charge is 0.481 e. The molecule has 1 unspecified atom stereocenters. The zero-order chi connectivity index (χ0) is 9.72. The average molecular weight is 192 g/mol. The Morgan fingerprint density at radius 3 is 2.17 bits per heavy atom. The standard InChI is InChI=1S/C7H12O4S/c1-5(2)6(8)3-12(11)4-7(9)10/h5H,3-4H2,1-2H3,(H,9,10). The molecule has 12 heavy (non-hydrogen) atoms. The molecule has 0 aromatic rings. The Hall–Kier alpha value is -0.710. The van der Waals surface area contributed by atoms with Crippen LogP contribution in [0.1, 0.15) is 13.8 Å². The van der Waals surface area contributed by atoms with Crippen LogP contribution in [-0.4, -0.2) is 32.6 Å². The maximum atomic E-state index is 10.9. The number of carboxylic acid groups (broad SMARTS) is 1. The van der Waals surface area contributed by atoms with E-state index in [4.69, 9.17) is 5.11 Å². The van der Waals surface area contributed by atoms with Crippen molar-refractivity contribution in [3.63, 3.8) is 0 Å². The molecule has 0 aliphatic carbocycles. The molecule has 0 heterocycles. The molecule has 0 aliphatic heterocycles. The van der Waals surface area contributed by atoms with E-state index in [2.05, 4.69) is 0 Å². The van der Waals surface area contributed by atoms with Gasteiger partial charge in [-0.05, 0) is 0 Å². The molecule has 0 aromatic heterocycles. The van der Waals surface area contributed by atoms with Crippen LogP contribution in [0.4, 0.5) is 0 Å². The zero-order valence-electron chi connectivity index (χ0n) is 7.07. The van der Waals surface area contributed by atoms with Crippen molar-refractivity contribution in [1.82, 2.24) is 0 Å². The monoisotopic (exact) mass is 192 g/mol. The van der Waals surface area contributed by atoms with E-state index in [1.54, 1.807) is 13.8 Å². The van der Waals surface area contributed by atoms with Gasteiger partial charge in [0, 0.05) is 16.7 Å². The van der Waals surface area contributed by atoms with Crippen LogP contribution in [0.25, 0.3) is 0 Å². The smallest absolute Gasteiger partial charge is 0.316 e. The molecule has 0 radical (unpaired) electrons. The molecule has 0 aromatic carbocycles. The van der Waals surface area contributed by atoms with Gasteiger partial charge < -0.3 is 5.11 Å². The minimum absolute atomic E-state index is 0.149. The molecular weight excluding hydrogens is 180 g/mol. The van der Waals surface area contributed by atoms with Gasteiger partial charge in [0.25, 0.3) is 0 Å². The number of carbonyl (C=O) groups excluding carboxylic acids is 1. The summed E-state index contributed by atoms with van der Waals surface area (Å²) < 4.78 is 10.9. The highest BCUT2D eigenvalue weighted by Crippen LogP contribution is 1.96. The fourth-order valence-electron chi connectivity index (χ4n) is 0.514. The highest BCUT2D eigenvalue weighted by molar-refractivity contribution is 7.86. The summed E-state index contributed by atoms with van der Waals surface area (Å²) in [7, 11) is -1.55. The van der Waals surface area contributed by atoms with Crippen LogP contribution in [0.15, 0.2) is 0 Å². The second-order valence-electron chi connectivity index (χ2n) is 2.74. The fourth-order valence-corrected chi connectivity index (χ4v) is 1.54. The van der Waals surface area contributed by atoms with Crippen LogP contribution in [0.5, 0.6) is 0 Å². The van der Waals surface area contributed by atoms with Gasteiger partial charge in [0.1, 0.15) is 11.5 Å². The van der Waals surface area contributed by atoms with Crippen LogP contribution in [0.2, 0.25) is 0 Å². The normalized spacial score (nSPS) is 12.9. The molecule has 1 atom stereocenters. The summed E-state index contributed by atoms with van der Waals surface area (Å²) >= 11 is 0. The highest BCUT2D eigenvalue weighted by Gasteiger charge is 2.13. The van der Waals surface area contributed by atoms with Crippen molar-refractivity contribution in [2.45, 2.75) is 13.8 Å². The lowest BCUT2D eigenvalue weighted by molar-refractivity contribution is -0.133. The van der Waals surface area contributed by atoms with Crippen LogP contribution in [0, 0.1) is 5.92 Å². The number of carboxylic acids is 1. The van der Waals surface area contributed by atoms with Gasteiger partial charge in [0.2, 0.25) is 0 Å². The van der Waals surface area contributed by atoms with Gasteiger partial charge in [-0.2, -0.15) is 0 Å². The first-order valence-electron chi connectivity index (χ1n) is 3.53. The van der Waals surface area contributed by atoms with Crippen molar-refractivity contribution < 1.29 is 18.9 Å². The van der Waals surface area contributed by atoms with E-state index >= 15 is 0 Å². The SMILES string of the molecule is CC(C)C(=O)CS(=O)CC(=O)O. The van der Waals surface area contributed by atoms with Crippen LogP contribution in [-0.2, 0) is 20.4 Å². The van der Waals surface area contributed by atoms with E-state index in [0.717, 1.165) is 0 Å². The lowest BCUT2D eigenvalue weighted by atomic mass is 10.1. The van der Waals surface area contributed by atoms with Crippen LogP contribution >= 0.6 is 0 Å². The van der Waals surface area contributed by atoms with E-state index in [9.17, 15) is 13.8 Å². The Morgan fingerprint density at radius 2 is 1.83 bits per heavy atom. The predicted octanol–water partition coefficient (Wildman–Crippen LogP) is 0.0448. The number of rotatable bonds is 5. The summed E-state index contributed by atoms with van der Waals surface area (Å²) in [5.74, 6) is -2.06. The van der Waals surface area contributed by atoms with Gasteiger partial charge in [-0.15, -0.1) is 0 Å². The minimum Gasteiger partial charge on any atom is -0.481 e. The number of carbonyl (C=O) groups is 2. The number of Topliss-reactive ketones (excluding diaryl/α,β-unsaturated/α-hetero) is 1. The Kier molecular flexibility index (Phi) is 4.73. The van der Waals surface area contributed by atoms with Gasteiger partial charge in [-0.1, -0.05) is 13.8 Å². The third kappa shape index (κ3) is 5.01. The molecule has 0 spiro atoms. The number of hydrogen-bond donors (Lipinski definition) is 1. The fraction of sp³-hybridized carbons (Fsp3) is 0.714. The third-order valence-corrected chi connectivity index (χ3v) is 2.41. The Morgan fingerprint density at radius 1 is 1.33 bits per heavy atom. The van der Waals surface area contributed by atoms with E-state index in [0.29, 0.717) is 0 Å². The maximum Gasteiger partial charge on any atom is 0.316 e. The molecule has 70 valence electrons. The molecule has 0 aliphatic rings. The molecular formula is C7H12O4S. The van der Waals surface area contributed by atoms with Gasteiger partial charge in [-0.3, -0.25) is 13.8 Å². The topological polar surface area (TPSA) is 71.4 Å². The maximum absolute atomic E-state index is 10.9. The minimum atomic E-state index is -1.55. The lowest BCUT2D eigenvalue weighted by Gasteiger charge is -2.01. The van der Waals surface area contributed by atoms with Crippen molar-refractivity contribution in [3.05, 3.63) is 0 Å². The number of ketones is 1. The summed E-state index contributed by atoms with van der Waals surface area (Å²) in [6.45, 7) is 3.39. The molecule has 1 N–H and O–H groups in total. The quantitative estimate of drug-likeness (QED) is 0.667. The first kappa shape index (κ1) is 11.3. The van der Waals surface area contributed by atoms with Gasteiger partial charge in [0.05, 0.1) is 5.75 Å². The summed E-state index contributed by atoms with van der Waals surface area (Å²) in [6, 6.07) is 0. The Bertz CT molecular complexity index is 209.